The van der Waals surface area contributed by atoms with Gasteiger partial charge in [0.25, 0.3) is 0 Å². The minimum atomic E-state index is -0.125. The fraction of sp³-hybridized carbons (Fsp3) is 1.00. The molecule has 2 atom stereocenters. The molecule has 0 aromatic rings. The number of aliphatic hydroxyl groups is 1. The van der Waals surface area contributed by atoms with Crippen molar-refractivity contribution in [1.82, 2.24) is 4.90 Å². The van der Waals surface area contributed by atoms with Crippen molar-refractivity contribution >= 4 is 0 Å². The van der Waals surface area contributed by atoms with E-state index in [9.17, 15) is 0 Å². The maximum atomic E-state index is 9.13. The lowest BCUT2D eigenvalue weighted by Gasteiger charge is -2.33. The van der Waals surface area contributed by atoms with Gasteiger partial charge in [-0.3, -0.25) is 0 Å². The molecule has 0 aromatic carbocycles. The zero-order valence-electron chi connectivity index (χ0n) is 9.00. The Morgan fingerprint density at radius 3 is 2.85 bits per heavy atom. The minimum Gasteiger partial charge on any atom is -0.393 e. The molecule has 1 saturated heterocycles. The van der Waals surface area contributed by atoms with Crippen molar-refractivity contribution in [1.29, 1.82) is 0 Å². The third kappa shape index (κ3) is 4.10. The van der Waals surface area contributed by atoms with Crippen molar-refractivity contribution in [2.24, 2.45) is 0 Å². The number of nitrogens with zero attached hydrogens (tertiary/aromatic N) is 1. The first kappa shape index (κ1) is 11.0. The molecule has 0 bridgehead atoms. The molecule has 78 valence electrons. The summed E-state index contributed by atoms with van der Waals surface area (Å²) in [5.74, 6) is 0. The van der Waals surface area contributed by atoms with E-state index >= 15 is 0 Å². The molecule has 0 saturated carbocycles. The van der Waals surface area contributed by atoms with Crippen LogP contribution in [-0.2, 0) is 0 Å². The zero-order chi connectivity index (χ0) is 9.68. The Kier molecular flexibility index (Phi) is 4.74. The van der Waals surface area contributed by atoms with E-state index in [4.69, 9.17) is 5.11 Å². The number of hydrogen-bond acceptors (Lipinski definition) is 2. The molecule has 1 aliphatic heterocycles. The smallest absolute Gasteiger partial charge is 0.0512 e. The maximum absolute atomic E-state index is 9.13. The molecule has 2 heteroatoms. The summed E-state index contributed by atoms with van der Waals surface area (Å²) in [6, 6.07) is 0.766. The highest BCUT2D eigenvalue weighted by molar-refractivity contribution is 4.72. The summed E-state index contributed by atoms with van der Waals surface area (Å²) in [5.41, 5.74) is 0. The maximum Gasteiger partial charge on any atom is 0.0512 e. The van der Waals surface area contributed by atoms with Crippen molar-refractivity contribution in [3.8, 4) is 0 Å². The lowest BCUT2D eigenvalue weighted by Crippen LogP contribution is -2.38. The lowest BCUT2D eigenvalue weighted by molar-refractivity contribution is 0.137. The van der Waals surface area contributed by atoms with Crippen molar-refractivity contribution < 1.29 is 5.11 Å². The van der Waals surface area contributed by atoms with Crippen LogP contribution in [0.2, 0.25) is 0 Å². The summed E-state index contributed by atoms with van der Waals surface area (Å²) in [5, 5.41) is 9.13. The second kappa shape index (κ2) is 5.61. The SMILES string of the molecule is CC(O)CCCN1CCCCC1C. The van der Waals surface area contributed by atoms with E-state index in [2.05, 4.69) is 11.8 Å². The van der Waals surface area contributed by atoms with Crippen LogP contribution < -0.4 is 0 Å². The molecule has 0 radical (unpaired) electrons. The summed E-state index contributed by atoms with van der Waals surface area (Å²) in [6.07, 6.45) is 6.08. The molecule has 1 aliphatic rings. The van der Waals surface area contributed by atoms with Crippen molar-refractivity contribution in [3.05, 3.63) is 0 Å². The van der Waals surface area contributed by atoms with Crippen LogP contribution in [0.3, 0.4) is 0 Å². The average molecular weight is 185 g/mol. The van der Waals surface area contributed by atoms with Gasteiger partial charge in [0.05, 0.1) is 6.10 Å². The highest BCUT2D eigenvalue weighted by atomic mass is 16.3. The van der Waals surface area contributed by atoms with E-state index in [0.717, 1.165) is 18.9 Å². The summed E-state index contributed by atoms with van der Waals surface area (Å²) in [4.78, 5) is 2.56. The Labute approximate surface area is 81.9 Å². The first-order valence-electron chi connectivity index (χ1n) is 5.62. The Hall–Kier alpha value is -0.0800. The van der Waals surface area contributed by atoms with E-state index in [-0.39, 0.29) is 6.10 Å². The fourth-order valence-corrected chi connectivity index (χ4v) is 2.08. The van der Waals surface area contributed by atoms with Crippen LogP contribution in [0, 0.1) is 0 Å². The molecule has 1 rings (SSSR count). The molecular weight excluding hydrogens is 162 g/mol. The van der Waals surface area contributed by atoms with Gasteiger partial charge in [-0.05, 0) is 52.6 Å². The normalized spacial score (nSPS) is 27.5. The Morgan fingerprint density at radius 2 is 2.23 bits per heavy atom. The molecule has 1 fully saturated rings. The third-order valence-corrected chi connectivity index (χ3v) is 3.01. The Morgan fingerprint density at radius 1 is 1.46 bits per heavy atom. The molecule has 2 unspecified atom stereocenters. The predicted octanol–water partition coefficient (Wildman–Crippen LogP) is 2.02. The highest BCUT2D eigenvalue weighted by Gasteiger charge is 2.17. The van der Waals surface area contributed by atoms with Gasteiger partial charge in [-0.15, -0.1) is 0 Å². The molecule has 0 spiro atoms. The van der Waals surface area contributed by atoms with E-state index in [0.29, 0.717) is 0 Å². The van der Waals surface area contributed by atoms with E-state index in [1.807, 2.05) is 6.92 Å². The van der Waals surface area contributed by atoms with Crippen molar-refractivity contribution in [2.45, 2.75) is 58.1 Å². The van der Waals surface area contributed by atoms with Crippen molar-refractivity contribution in [2.75, 3.05) is 13.1 Å². The predicted molar refractivity (Wildman–Crippen MR) is 55.8 cm³/mol. The van der Waals surface area contributed by atoms with Gasteiger partial charge in [0.2, 0.25) is 0 Å². The fourth-order valence-electron chi connectivity index (χ4n) is 2.08. The van der Waals surface area contributed by atoms with Gasteiger partial charge in [-0.25, -0.2) is 0 Å². The van der Waals surface area contributed by atoms with Gasteiger partial charge in [0.1, 0.15) is 0 Å². The molecule has 0 aromatic heterocycles. The van der Waals surface area contributed by atoms with Gasteiger partial charge in [0, 0.05) is 6.04 Å². The Bertz CT molecular complexity index is 136. The van der Waals surface area contributed by atoms with E-state index in [1.54, 1.807) is 0 Å². The van der Waals surface area contributed by atoms with Gasteiger partial charge in [-0.2, -0.15) is 0 Å². The van der Waals surface area contributed by atoms with Crippen LogP contribution in [0.4, 0.5) is 0 Å². The number of rotatable bonds is 4. The first-order chi connectivity index (χ1) is 6.20. The van der Waals surface area contributed by atoms with Crippen LogP contribution in [-0.4, -0.2) is 35.2 Å². The summed E-state index contributed by atoms with van der Waals surface area (Å²) >= 11 is 0. The molecule has 13 heavy (non-hydrogen) atoms. The summed E-state index contributed by atoms with van der Waals surface area (Å²) in [7, 11) is 0. The summed E-state index contributed by atoms with van der Waals surface area (Å²) < 4.78 is 0. The van der Waals surface area contributed by atoms with Crippen LogP contribution >= 0.6 is 0 Å². The lowest BCUT2D eigenvalue weighted by atomic mass is 10.0. The van der Waals surface area contributed by atoms with Crippen LogP contribution in [0.25, 0.3) is 0 Å². The van der Waals surface area contributed by atoms with E-state index < -0.39 is 0 Å². The molecule has 1 N–H and O–H groups in total. The minimum absolute atomic E-state index is 0.125. The molecule has 0 amide bonds. The molecule has 2 nitrogen and oxygen atoms in total. The molecule has 0 aliphatic carbocycles. The van der Waals surface area contributed by atoms with Crippen molar-refractivity contribution in [3.63, 3.8) is 0 Å². The first-order valence-corrected chi connectivity index (χ1v) is 5.62. The summed E-state index contributed by atoms with van der Waals surface area (Å²) in [6.45, 7) is 6.63. The van der Waals surface area contributed by atoms with Gasteiger partial charge >= 0.3 is 0 Å². The topological polar surface area (TPSA) is 23.5 Å². The zero-order valence-corrected chi connectivity index (χ0v) is 9.00. The number of hydrogen-bond donors (Lipinski definition) is 1. The second-order valence-corrected chi connectivity index (χ2v) is 4.37. The van der Waals surface area contributed by atoms with Crippen LogP contribution in [0.5, 0.6) is 0 Å². The van der Waals surface area contributed by atoms with Crippen LogP contribution in [0.1, 0.15) is 46.0 Å². The number of aliphatic hydroxyl groups excluding tert-OH is 1. The molecular formula is C11H23NO. The largest absolute Gasteiger partial charge is 0.393 e. The quantitative estimate of drug-likeness (QED) is 0.724. The Balaban J connectivity index is 2.11. The number of piperidine rings is 1. The van der Waals surface area contributed by atoms with Crippen LogP contribution in [0.15, 0.2) is 0 Å². The van der Waals surface area contributed by atoms with Gasteiger partial charge < -0.3 is 10.0 Å². The number of likely N-dealkylation sites (tertiary alicyclic amines) is 1. The standard InChI is InChI=1S/C11H23NO/c1-10-6-3-4-8-12(10)9-5-7-11(2)13/h10-11,13H,3-9H2,1-2H3. The molecule has 1 heterocycles. The second-order valence-electron chi connectivity index (χ2n) is 4.37. The van der Waals surface area contributed by atoms with Gasteiger partial charge in [0.15, 0.2) is 0 Å². The van der Waals surface area contributed by atoms with E-state index in [1.165, 1.54) is 32.4 Å². The third-order valence-electron chi connectivity index (χ3n) is 3.01. The monoisotopic (exact) mass is 185 g/mol. The van der Waals surface area contributed by atoms with Gasteiger partial charge in [-0.1, -0.05) is 6.42 Å². The highest BCUT2D eigenvalue weighted by Crippen LogP contribution is 2.16. The average Bonchev–Trinajstić information content (AvgIpc) is 2.08.